The molecule has 0 aliphatic carbocycles. The number of carboxylic acids is 1. The fourth-order valence-electron chi connectivity index (χ4n) is 1.54. The van der Waals surface area contributed by atoms with E-state index in [-0.39, 0.29) is 17.2 Å². The molecule has 112 valence electrons. The number of pyridine rings is 1. The smallest absolute Gasteiger partial charge is 0.357 e. The van der Waals surface area contributed by atoms with Crippen LogP contribution < -0.4 is 5.32 Å². The Hall–Kier alpha value is -2.41. The number of hydrogen-bond donors (Lipinski definition) is 2. The van der Waals surface area contributed by atoms with Crippen LogP contribution in [0.25, 0.3) is 11.5 Å². The largest absolute Gasteiger partial charge is 0.476 e. The fraction of sp³-hybridized carbons (Fsp3) is 0.357. The molecule has 0 amide bonds. The van der Waals surface area contributed by atoms with Crippen molar-refractivity contribution in [2.24, 2.45) is 0 Å². The van der Waals surface area contributed by atoms with Crippen LogP contribution in [0.3, 0.4) is 0 Å². The van der Waals surface area contributed by atoms with Gasteiger partial charge in [0.2, 0.25) is 5.89 Å². The van der Waals surface area contributed by atoms with Crippen molar-refractivity contribution in [3.05, 3.63) is 30.3 Å². The highest BCUT2D eigenvalue weighted by Gasteiger charge is 2.16. The zero-order chi connectivity index (χ0) is 15.5. The normalized spacial score (nSPS) is 11.4. The van der Waals surface area contributed by atoms with Crippen molar-refractivity contribution in [3.8, 4) is 11.5 Å². The highest BCUT2D eigenvalue weighted by atomic mass is 16.5. The quantitative estimate of drug-likeness (QED) is 0.842. The van der Waals surface area contributed by atoms with E-state index in [1.54, 1.807) is 25.4 Å². The Balaban J connectivity index is 2.15. The van der Waals surface area contributed by atoms with Gasteiger partial charge in [-0.25, -0.2) is 14.8 Å². The predicted molar refractivity (Wildman–Crippen MR) is 76.3 cm³/mol. The van der Waals surface area contributed by atoms with E-state index in [1.807, 2.05) is 13.8 Å². The van der Waals surface area contributed by atoms with Crippen molar-refractivity contribution < 1.29 is 19.1 Å². The van der Waals surface area contributed by atoms with Gasteiger partial charge in [-0.15, -0.1) is 0 Å². The minimum atomic E-state index is -1.13. The van der Waals surface area contributed by atoms with Gasteiger partial charge in [0.1, 0.15) is 12.1 Å². The van der Waals surface area contributed by atoms with E-state index in [4.69, 9.17) is 14.3 Å². The SMILES string of the molecule is COC(C)(C)CNc1cc(-c2nc(C(=O)O)co2)ccn1. The summed E-state index contributed by atoms with van der Waals surface area (Å²) in [6.45, 7) is 4.49. The van der Waals surface area contributed by atoms with Crippen molar-refractivity contribution in [1.82, 2.24) is 9.97 Å². The van der Waals surface area contributed by atoms with Crippen molar-refractivity contribution in [2.45, 2.75) is 19.4 Å². The van der Waals surface area contributed by atoms with Gasteiger partial charge in [-0.1, -0.05) is 0 Å². The van der Waals surface area contributed by atoms with Crippen LogP contribution in [0.15, 0.2) is 29.0 Å². The van der Waals surface area contributed by atoms with E-state index in [0.29, 0.717) is 17.9 Å². The van der Waals surface area contributed by atoms with Crippen LogP contribution in [0.4, 0.5) is 5.82 Å². The highest BCUT2D eigenvalue weighted by Crippen LogP contribution is 2.21. The minimum Gasteiger partial charge on any atom is -0.476 e. The topological polar surface area (TPSA) is 97.5 Å². The molecule has 7 heteroatoms. The lowest BCUT2D eigenvalue weighted by Gasteiger charge is -2.23. The second kappa shape index (κ2) is 5.92. The van der Waals surface area contributed by atoms with E-state index in [1.165, 1.54) is 0 Å². The van der Waals surface area contributed by atoms with Crippen LogP contribution in [0.5, 0.6) is 0 Å². The summed E-state index contributed by atoms with van der Waals surface area (Å²) in [5.41, 5.74) is 0.198. The summed E-state index contributed by atoms with van der Waals surface area (Å²) in [7, 11) is 1.64. The molecule has 0 fully saturated rings. The van der Waals surface area contributed by atoms with Crippen molar-refractivity contribution in [2.75, 3.05) is 19.0 Å². The van der Waals surface area contributed by atoms with Crippen molar-refractivity contribution in [3.63, 3.8) is 0 Å². The van der Waals surface area contributed by atoms with E-state index < -0.39 is 5.97 Å². The highest BCUT2D eigenvalue weighted by molar-refractivity contribution is 5.85. The number of aromatic carboxylic acids is 1. The second-order valence-corrected chi connectivity index (χ2v) is 5.09. The maximum Gasteiger partial charge on any atom is 0.357 e. The molecular weight excluding hydrogens is 274 g/mol. The molecule has 0 radical (unpaired) electrons. The Morgan fingerprint density at radius 2 is 2.29 bits per heavy atom. The molecule has 21 heavy (non-hydrogen) atoms. The molecule has 0 aromatic carbocycles. The molecule has 0 saturated carbocycles. The second-order valence-electron chi connectivity index (χ2n) is 5.09. The molecule has 2 aromatic heterocycles. The Kier molecular flexibility index (Phi) is 4.23. The molecule has 7 nitrogen and oxygen atoms in total. The Morgan fingerprint density at radius 1 is 1.52 bits per heavy atom. The number of carbonyl (C=O) groups is 1. The number of nitrogens with one attached hydrogen (secondary N) is 1. The van der Waals surface area contributed by atoms with Crippen LogP contribution >= 0.6 is 0 Å². The number of methoxy groups -OCH3 is 1. The zero-order valence-electron chi connectivity index (χ0n) is 12.1. The van der Waals surface area contributed by atoms with Gasteiger partial charge in [0.15, 0.2) is 5.69 Å². The standard InChI is InChI=1S/C14H17N3O4/c1-14(2,20-3)8-16-11-6-9(4-5-15-11)12-17-10(7-21-12)13(18)19/h4-7H,8H2,1-3H3,(H,15,16)(H,18,19). The number of carboxylic acid groups (broad SMARTS) is 1. The molecule has 2 aromatic rings. The molecule has 0 atom stereocenters. The third-order valence-corrected chi connectivity index (χ3v) is 2.98. The van der Waals surface area contributed by atoms with E-state index in [9.17, 15) is 4.79 Å². The first-order valence-corrected chi connectivity index (χ1v) is 6.35. The first kappa shape index (κ1) is 15.0. The predicted octanol–water partition coefficient (Wildman–Crippen LogP) is 2.27. The number of rotatable bonds is 6. The van der Waals surface area contributed by atoms with Crippen molar-refractivity contribution >= 4 is 11.8 Å². The monoisotopic (exact) mass is 291 g/mol. The number of oxazole rings is 1. The third-order valence-electron chi connectivity index (χ3n) is 2.98. The molecule has 0 spiro atoms. The van der Waals surface area contributed by atoms with Gasteiger partial charge >= 0.3 is 5.97 Å². The van der Waals surface area contributed by atoms with Crippen molar-refractivity contribution in [1.29, 1.82) is 0 Å². The van der Waals surface area contributed by atoms with E-state index >= 15 is 0 Å². The summed E-state index contributed by atoms with van der Waals surface area (Å²) in [4.78, 5) is 18.9. The summed E-state index contributed by atoms with van der Waals surface area (Å²) in [5.74, 6) is -0.254. The minimum absolute atomic E-state index is 0.128. The summed E-state index contributed by atoms with van der Waals surface area (Å²) < 4.78 is 10.5. The molecule has 0 aliphatic rings. The van der Waals surface area contributed by atoms with Crippen LogP contribution in [-0.2, 0) is 4.74 Å². The van der Waals surface area contributed by atoms with Gasteiger partial charge in [0.25, 0.3) is 0 Å². The average Bonchev–Trinajstić information content (AvgIpc) is 2.96. The van der Waals surface area contributed by atoms with Gasteiger partial charge in [0, 0.05) is 25.4 Å². The number of ether oxygens (including phenoxy) is 1. The van der Waals surface area contributed by atoms with Gasteiger partial charge < -0.3 is 19.6 Å². The van der Waals surface area contributed by atoms with E-state index in [2.05, 4.69) is 15.3 Å². The fourth-order valence-corrected chi connectivity index (χ4v) is 1.54. The van der Waals surface area contributed by atoms with Crippen LogP contribution in [-0.4, -0.2) is 40.3 Å². The Labute approximate surface area is 122 Å². The number of anilines is 1. The van der Waals surface area contributed by atoms with Gasteiger partial charge in [-0.2, -0.15) is 0 Å². The van der Waals surface area contributed by atoms with Gasteiger partial charge in [-0.3, -0.25) is 0 Å². The van der Waals surface area contributed by atoms with Crippen LogP contribution in [0.1, 0.15) is 24.3 Å². The third kappa shape index (κ3) is 3.79. The molecular formula is C14H17N3O4. The summed E-state index contributed by atoms with van der Waals surface area (Å²) in [6.07, 6.45) is 2.71. The molecule has 0 aliphatic heterocycles. The maximum atomic E-state index is 10.8. The summed E-state index contributed by atoms with van der Waals surface area (Å²) in [5, 5.41) is 12.0. The lowest BCUT2D eigenvalue weighted by Crippen LogP contribution is -2.32. The van der Waals surface area contributed by atoms with E-state index in [0.717, 1.165) is 6.26 Å². The van der Waals surface area contributed by atoms with Gasteiger partial charge in [-0.05, 0) is 26.0 Å². The molecule has 0 saturated heterocycles. The number of nitrogens with zero attached hydrogens (tertiary/aromatic N) is 2. The summed E-state index contributed by atoms with van der Waals surface area (Å²) in [6, 6.07) is 3.44. The van der Waals surface area contributed by atoms with Crippen LogP contribution in [0, 0.1) is 0 Å². The molecule has 2 heterocycles. The lowest BCUT2D eigenvalue weighted by molar-refractivity contribution is 0.0343. The maximum absolute atomic E-state index is 10.8. The first-order chi connectivity index (χ1) is 9.91. The average molecular weight is 291 g/mol. The molecule has 2 N–H and O–H groups in total. The molecule has 0 unspecified atom stereocenters. The number of aromatic nitrogens is 2. The van der Waals surface area contributed by atoms with Gasteiger partial charge in [0.05, 0.1) is 5.60 Å². The lowest BCUT2D eigenvalue weighted by atomic mass is 10.1. The first-order valence-electron chi connectivity index (χ1n) is 6.35. The summed E-state index contributed by atoms with van der Waals surface area (Å²) >= 11 is 0. The zero-order valence-corrected chi connectivity index (χ0v) is 12.1. The van der Waals surface area contributed by atoms with Crippen LogP contribution in [0.2, 0.25) is 0 Å². The number of hydrogen-bond acceptors (Lipinski definition) is 6. The Bertz CT molecular complexity index is 637. The molecule has 0 bridgehead atoms. The molecule has 2 rings (SSSR count). The Morgan fingerprint density at radius 3 is 2.90 bits per heavy atom.